The number of hydrogen-bond donors (Lipinski definition) is 2. The maximum absolute atomic E-state index is 13.6. The van der Waals surface area contributed by atoms with Crippen molar-refractivity contribution >= 4 is 51.6 Å². The van der Waals surface area contributed by atoms with Crippen molar-refractivity contribution in [3.05, 3.63) is 81.6 Å². The fraction of sp³-hybridized carbons (Fsp3) is 0.346. The van der Waals surface area contributed by atoms with Crippen LogP contribution < -0.4 is 15.4 Å². The third kappa shape index (κ3) is 6.32. The van der Waals surface area contributed by atoms with Crippen LogP contribution >= 0.6 is 33.9 Å². The summed E-state index contributed by atoms with van der Waals surface area (Å²) in [7, 11) is 3.82. The number of aryl methyl sites for hydroxylation is 1. The number of carbonyl (C=O) groups excluding carboxylic acids is 2. The molecule has 184 valence electrons. The lowest BCUT2D eigenvalue weighted by molar-refractivity contribution is -0.134. The number of alkyl halides is 1. The predicted molar refractivity (Wildman–Crippen MR) is 149 cm³/mol. The van der Waals surface area contributed by atoms with Crippen LogP contribution in [0.2, 0.25) is 0 Å². The van der Waals surface area contributed by atoms with E-state index in [-0.39, 0.29) is 5.91 Å². The Morgan fingerprint density at radius 3 is 2.40 bits per heavy atom. The van der Waals surface area contributed by atoms with Gasteiger partial charge in [-0.2, -0.15) is 0 Å². The zero-order chi connectivity index (χ0) is 24.8. The first-order valence-electron chi connectivity index (χ1n) is 11.6. The fourth-order valence-corrected chi connectivity index (χ4v) is 5.94. The lowest BCUT2D eigenvalue weighted by Crippen LogP contribution is -2.46. The van der Waals surface area contributed by atoms with E-state index in [9.17, 15) is 9.59 Å². The van der Waals surface area contributed by atoms with Gasteiger partial charge in [-0.1, -0.05) is 65.1 Å². The number of urea groups is 1. The van der Waals surface area contributed by atoms with E-state index in [0.29, 0.717) is 24.7 Å². The molecule has 1 fully saturated rings. The second kappa shape index (κ2) is 11.9. The van der Waals surface area contributed by atoms with Crippen LogP contribution in [0.5, 0.6) is 0 Å². The molecule has 0 aliphatic carbocycles. The van der Waals surface area contributed by atoms with E-state index >= 15 is 0 Å². The van der Waals surface area contributed by atoms with Crippen LogP contribution in [0.25, 0.3) is 0 Å². The summed E-state index contributed by atoms with van der Waals surface area (Å²) in [5, 5.41) is 5.77. The molecule has 1 aromatic heterocycles. The van der Waals surface area contributed by atoms with Gasteiger partial charge in [0.15, 0.2) is 4.80 Å². The van der Waals surface area contributed by atoms with Gasteiger partial charge in [0.05, 0.1) is 0 Å². The molecule has 1 saturated heterocycles. The minimum Gasteiger partial charge on any atom is -0.341 e. The molecule has 2 aromatic carbocycles. The van der Waals surface area contributed by atoms with Crippen LogP contribution in [0.4, 0.5) is 10.5 Å². The highest BCUT2D eigenvalue weighted by Gasteiger charge is 2.31. The molecule has 0 bridgehead atoms. The van der Waals surface area contributed by atoms with Gasteiger partial charge < -0.3 is 20.1 Å². The SMILES string of the molecule is C/N=c1\sc(C2CCN(C(=O)[C@H](NC(=O)Nc3ccc(CI)cc3)c3ccccc3)CC2)cn1C. The average molecular weight is 604 g/mol. The molecule has 0 radical (unpaired) electrons. The molecule has 1 aliphatic heterocycles. The van der Waals surface area contributed by atoms with Crippen LogP contribution in [0.15, 0.2) is 65.8 Å². The van der Waals surface area contributed by atoms with Crippen LogP contribution in [0.1, 0.15) is 40.8 Å². The molecule has 35 heavy (non-hydrogen) atoms. The Bertz CT molecular complexity index is 1210. The second-order valence-corrected chi connectivity index (χ2v) is 10.4. The normalized spacial score (nSPS) is 15.6. The number of thiazole rings is 1. The Kier molecular flexibility index (Phi) is 8.61. The molecule has 2 heterocycles. The number of amides is 3. The number of nitrogens with zero attached hydrogens (tertiary/aromatic N) is 3. The zero-order valence-corrected chi connectivity index (χ0v) is 22.9. The number of rotatable bonds is 6. The number of piperidine rings is 1. The quantitative estimate of drug-likeness (QED) is 0.313. The van der Waals surface area contributed by atoms with E-state index in [1.165, 1.54) is 10.4 Å². The van der Waals surface area contributed by atoms with Crippen LogP contribution in [0, 0.1) is 0 Å². The molecule has 9 heteroatoms. The monoisotopic (exact) mass is 603 g/mol. The van der Waals surface area contributed by atoms with E-state index in [4.69, 9.17) is 0 Å². The maximum atomic E-state index is 13.6. The van der Waals surface area contributed by atoms with E-state index in [2.05, 4.69) is 49.0 Å². The van der Waals surface area contributed by atoms with Gasteiger partial charge in [-0.3, -0.25) is 9.79 Å². The van der Waals surface area contributed by atoms with Crippen molar-refractivity contribution in [2.24, 2.45) is 12.0 Å². The standard InChI is InChI=1S/C26H30IN5O2S/c1-28-26-31(2)17-22(35-26)19-12-14-32(15-13-19)24(33)23(20-6-4-3-5-7-20)30-25(34)29-21-10-8-18(16-27)9-11-21/h3-11,17,19,23H,12-16H2,1-2H3,(H2,29,30,34)/b28-26-/t23-/m1/s1. The molecule has 1 aliphatic rings. The fourth-order valence-electron chi connectivity index (χ4n) is 4.32. The van der Waals surface area contributed by atoms with E-state index in [0.717, 1.165) is 27.6 Å². The second-order valence-electron chi connectivity index (χ2n) is 8.62. The number of aromatic nitrogens is 1. The molecule has 1 atom stereocenters. The minimum atomic E-state index is -0.744. The minimum absolute atomic E-state index is 0.0777. The van der Waals surface area contributed by atoms with Gasteiger partial charge in [-0.15, -0.1) is 11.3 Å². The maximum Gasteiger partial charge on any atom is 0.320 e. The molecule has 0 unspecified atom stereocenters. The van der Waals surface area contributed by atoms with Crippen LogP contribution in [-0.2, 0) is 16.3 Å². The van der Waals surface area contributed by atoms with Crippen molar-refractivity contribution in [2.45, 2.75) is 29.2 Å². The third-order valence-corrected chi connectivity index (χ3v) is 8.46. The molecule has 0 spiro atoms. The summed E-state index contributed by atoms with van der Waals surface area (Å²) < 4.78 is 2.96. The Morgan fingerprint density at radius 1 is 1.11 bits per heavy atom. The number of likely N-dealkylation sites (tertiary alicyclic amines) is 1. The molecule has 3 aromatic rings. The number of anilines is 1. The van der Waals surface area contributed by atoms with E-state index in [1.807, 2.05) is 73.6 Å². The largest absolute Gasteiger partial charge is 0.341 e. The Hall–Kier alpha value is -2.66. The molecule has 4 rings (SSSR count). The number of nitrogens with one attached hydrogen (secondary N) is 2. The summed E-state index contributed by atoms with van der Waals surface area (Å²) in [4.78, 5) is 34.9. The van der Waals surface area contributed by atoms with E-state index < -0.39 is 12.1 Å². The van der Waals surface area contributed by atoms with Gasteiger partial charge in [-0.25, -0.2) is 4.79 Å². The van der Waals surface area contributed by atoms with Gasteiger partial charge >= 0.3 is 6.03 Å². The molecular weight excluding hydrogens is 573 g/mol. The van der Waals surface area contributed by atoms with Crippen molar-refractivity contribution in [2.75, 3.05) is 25.5 Å². The molecular formula is C26H30IN5O2S. The average Bonchev–Trinajstić information content (AvgIpc) is 3.28. The highest BCUT2D eigenvalue weighted by atomic mass is 127. The summed E-state index contributed by atoms with van der Waals surface area (Å²) in [6, 6.07) is 16.0. The molecule has 2 N–H and O–H groups in total. The Balaban J connectivity index is 1.43. The van der Waals surface area contributed by atoms with Gasteiger partial charge in [0.25, 0.3) is 0 Å². The first-order valence-corrected chi connectivity index (χ1v) is 14.0. The van der Waals surface area contributed by atoms with Crippen LogP contribution in [-0.4, -0.2) is 41.5 Å². The van der Waals surface area contributed by atoms with Gasteiger partial charge in [-0.05, 0) is 42.0 Å². The Labute approximate surface area is 223 Å². The van der Waals surface area contributed by atoms with Crippen molar-refractivity contribution in [3.8, 4) is 0 Å². The van der Waals surface area contributed by atoms with Gasteiger partial charge in [0.1, 0.15) is 6.04 Å². The topological polar surface area (TPSA) is 78.7 Å². The number of hydrogen-bond acceptors (Lipinski definition) is 4. The first-order chi connectivity index (χ1) is 17.0. The lowest BCUT2D eigenvalue weighted by atomic mass is 9.94. The highest BCUT2D eigenvalue weighted by molar-refractivity contribution is 14.1. The summed E-state index contributed by atoms with van der Waals surface area (Å²) in [6.07, 6.45) is 3.94. The zero-order valence-electron chi connectivity index (χ0n) is 19.9. The summed E-state index contributed by atoms with van der Waals surface area (Å²) in [5.41, 5.74) is 2.65. The lowest BCUT2D eigenvalue weighted by Gasteiger charge is -2.34. The van der Waals surface area contributed by atoms with Crippen LogP contribution in [0.3, 0.4) is 0 Å². The smallest absolute Gasteiger partial charge is 0.320 e. The third-order valence-electron chi connectivity index (χ3n) is 6.25. The number of carbonyl (C=O) groups is 2. The van der Waals surface area contributed by atoms with E-state index in [1.54, 1.807) is 11.3 Å². The predicted octanol–water partition coefficient (Wildman–Crippen LogP) is 4.82. The van der Waals surface area contributed by atoms with Crippen molar-refractivity contribution in [1.29, 1.82) is 0 Å². The van der Waals surface area contributed by atoms with Crippen molar-refractivity contribution in [1.82, 2.24) is 14.8 Å². The summed E-state index contributed by atoms with van der Waals surface area (Å²) in [6.45, 7) is 1.32. The van der Waals surface area contributed by atoms with Gasteiger partial charge in [0, 0.05) is 48.4 Å². The Morgan fingerprint density at radius 2 is 1.80 bits per heavy atom. The first kappa shape index (κ1) is 25.4. The number of halogens is 1. The molecule has 3 amide bonds. The summed E-state index contributed by atoms with van der Waals surface area (Å²) >= 11 is 4.02. The van der Waals surface area contributed by atoms with Gasteiger partial charge in [0.2, 0.25) is 5.91 Å². The van der Waals surface area contributed by atoms with Crippen molar-refractivity contribution < 1.29 is 9.59 Å². The summed E-state index contributed by atoms with van der Waals surface area (Å²) in [5.74, 6) is 0.341. The van der Waals surface area contributed by atoms with Crippen molar-refractivity contribution in [3.63, 3.8) is 0 Å². The number of benzene rings is 2. The highest BCUT2D eigenvalue weighted by Crippen LogP contribution is 2.31. The molecule has 0 saturated carbocycles. The molecule has 7 nitrogen and oxygen atoms in total.